The molecule has 0 atom stereocenters. The third kappa shape index (κ3) is 5.40. The van der Waals surface area contributed by atoms with Gasteiger partial charge in [-0.1, -0.05) is 37.2 Å². The first-order valence-corrected chi connectivity index (χ1v) is 11.5. The number of ether oxygens (including phenoxy) is 2. The van der Waals surface area contributed by atoms with Crippen LogP contribution in [-0.2, 0) is 11.3 Å². The fraction of sp³-hybridized carbons (Fsp3) is 0.273. The summed E-state index contributed by atoms with van der Waals surface area (Å²) in [4.78, 5) is 42.1. The summed E-state index contributed by atoms with van der Waals surface area (Å²) in [5, 5.41) is 6.11. The largest absolute Gasteiger partial charge is 0.454 e. The van der Waals surface area contributed by atoms with E-state index >= 15 is 0 Å². The normalized spacial score (nSPS) is 12.2. The monoisotopic (exact) mass is 488 g/mol. The SMILES string of the molecule is CC(C)Cn1c(SCC(=O)NC(=O)Nc2ccc3c(c2)OCO3)nc2ccc(Cl)cc2c1=O. The Bertz CT molecular complexity index is 1290. The highest BCUT2D eigenvalue weighted by atomic mass is 35.5. The molecule has 0 unspecified atom stereocenters. The van der Waals surface area contributed by atoms with Crippen molar-refractivity contribution in [2.75, 3.05) is 17.9 Å². The highest BCUT2D eigenvalue weighted by molar-refractivity contribution is 7.99. The number of anilines is 1. The van der Waals surface area contributed by atoms with Gasteiger partial charge in [0, 0.05) is 23.3 Å². The molecular formula is C22H21ClN4O5S. The standard InChI is InChI=1S/C22H21ClN4O5S/c1-12(2)9-27-20(29)15-7-13(23)3-5-16(15)25-22(27)33-10-19(28)26-21(30)24-14-4-6-17-18(8-14)32-11-31-17/h3-8,12H,9-11H2,1-2H3,(H2,24,26,28,30). The van der Waals surface area contributed by atoms with Crippen LogP contribution in [0.3, 0.4) is 0 Å². The third-order valence-corrected chi connectivity index (χ3v) is 5.86. The molecule has 0 spiro atoms. The van der Waals surface area contributed by atoms with Crippen molar-refractivity contribution in [3.05, 3.63) is 51.8 Å². The van der Waals surface area contributed by atoms with Crippen molar-refractivity contribution < 1.29 is 19.1 Å². The van der Waals surface area contributed by atoms with Crippen molar-refractivity contribution in [1.82, 2.24) is 14.9 Å². The molecular weight excluding hydrogens is 468 g/mol. The first kappa shape index (κ1) is 22.9. The fourth-order valence-electron chi connectivity index (χ4n) is 3.24. The van der Waals surface area contributed by atoms with Crippen molar-refractivity contribution in [1.29, 1.82) is 0 Å². The second-order valence-electron chi connectivity index (χ2n) is 7.72. The van der Waals surface area contributed by atoms with E-state index in [2.05, 4.69) is 15.6 Å². The molecule has 0 bridgehead atoms. The predicted octanol–water partition coefficient (Wildman–Crippen LogP) is 3.88. The van der Waals surface area contributed by atoms with Crippen molar-refractivity contribution in [3.8, 4) is 11.5 Å². The number of thioether (sulfide) groups is 1. The Balaban J connectivity index is 1.43. The molecule has 1 aromatic heterocycles. The van der Waals surface area contributed by atoms with Gasteiger partial charge < -0.3 is 14.8 Å². The molecule has 1 aliphatic rings. The Morgan fingerprint density at radius 2 is 1.97 bits per heavy atom. The number of hydrogen-bond donors (Lipinski definition) is 2. The van der Waals surface area contributed by atoms with E-state index in [1.165, 1.54) is 4.57 Å². The van der Waals surface area contributed by atoms with Gasteiger partial charge in [-0.3, -0.25) is 19.5 Å². The molecule has 11 heteroatoms. The summed E-state index contributed by atoms with van der Waals surface area (Å²) in [6, 6.07) is 9.15. The van der Waals surface area contributed by atoms with E-state index in [0.717, 1.165) is 11.8 Å². The maximum atomic E-state index is 13.0. The van der Waals surface area contributed by atoms with Gasteiger partial charge in [-0.15, -0.1) is 0 Å². The molecule has 9 nitrogen and oxygen atoms in total. The molecule has 2 N–H and O–H groups in total. The number of fused-ring (bicyclic) bond motifs is 2. The summed E-state index contributed by atoms with van der Waals surface area (Å²) in [6.45, 7) is 4.52. The lowest BCUT2D eigenvalue weighted by molar-refractivity contribution is -0.117. The molecule has 0 saturated carbocycles. The third-order valence-electron chi connectivity index (χ3n) is 4.64. The average molecular weight is 489 g/mol. The lowest BCUT2D eigenvalue weighted by Crippen LogP contribution is -2.35. The number of amides is 3. The highest BCUT2D eigenvalue weighted by Crippen LogP contribution is 2.34. The molecule has 2 aromatic carbocycles. The molecule has 172 valence electrons. The minimum atomic E-state index is -0.680. The van der Waals surface area contributed by atoms with E-state index in [9.17, 15) is 14.4 Å². The number of nitrogens with zero attached hydrogens (tertiary/aromatic N) is 2. The molecule has 0 saturated heterocycles. The summed E-state index contributed by atoms with van der Waals surface area (Å²) in [6.07, 6.45) is 0. The summed E-state index contributed by atoms with van der Waals surface area (Å²) >= 11 is 7.13. The molecule has 3 amide bonds. The number of carbonyl (C=O) groups is 2. The Labute approximate surface area is 198 Å². The number of rotatable bonds is 6. The molecule has 0 radical (unpaired) electrons. The minimum absolute atomic E-state index is 0.0990. The maximum absolute atomic E-state index is 13.0. The van der Waals surface area contributed by atoms with Crippen molar-refractivity contribution in [3.63, 3.8) is 0 Å². The van der Waals surface area contributed by atoms with Crippen molar-refractivity contribution in [2.24, 2.45) is 5.92 Å². The number of urea groups is 1. The van der Waals surface area contributed by atoms with Crippen LogP contribution in [-0.4, -0.2) is 34.0 Å². The van der Waals surface area contributed by atoms with Crippen LogP contribution in [0.1, 0.15) is 13.8 Å². The summed E-state index contributed by atoms with van der Waals surface area (Å²) in [7, 11) is 0. The van der Waals surface area contributed by atoms with Gasteiger partial charge in [0.1, 0.15) is 0 Å². The van der Waals surface area contributed by atoms with E-state index in [-0.39, 0.29) is 24.0 Å². The predicted molar refractivity (Wildman–Crippen MR) is 126 cm³/mol. The first-order chi connectivity index (χ1) is 15.8. The molecule has 0 fully saturated rings. The van der Waals surface area contributed by atoms with Crippen LogP contribution in [0.15, 0.2) is 46.3 Å². The van der Waals surface area contributed by atoms with Gasteiger partial charge in [-0.2, -0.15) is 0 Å². The zero-order valence-corrected chi connectivity index (χ0v) is 19.5. The first-order valence-electron chi connectivity index (χ1n) is 10.1. The van der Waals surface area contributed by atoms with Gasteiger partial charge in [-0.25, -0.2) is 9.78 Å². The second-order valence-corrected chi connectivity index (χ2v) is 9.10. The average Bonchev–Trinajstić information content (AvgIpc) is 3.22. The zero-order valence-electron chi connectivity index (χ0n) is 17.9. The number of imide groups is 1. The van der Waals surface area contributed by atoms with E-state index in [4.69, 9.17) is 21.1 Å². The van der Waals surface area contributed by atoms with E-state index in [0.29, 0.717) is 44.8 Å². The molecule has 33 heavy (non-hydrogen) atoms. The maximum Gasteiger partial charge on any atom is 0.325 e. The minimum Gasteiger partial charge on any atom is -0.454 e. The van der Waals surface area contributed by atoms with E-state index < -0.39 is 11.9 Å². The van der Waals surface area contributed by atoms with Gasteiger partial charge in [0.15, 0.2) is 16.7 Å². The number of hydrogen-bond acceptors (Lipinski definition) is 7. The molecule has 2 heterocycles. The number of nitrogens with one attached hydrogen (secondary N) is 2. The van der Waals surface area contributed by atoms with Gasteiger partial charge in [0.25, 0.3) is 5.56 Å². The van der Waals surface area contributed by atoms with E-state index in [1.54, 1.807) is 36.4 Å². The molecule has 0 aliphatic carbocycles. The van der Waals surface area contributed by atoms with Crippen LogP contribution in [0.25, 0.3) is 10.9 Å². The molecule has 4 rings (SSSR count). The number of carbonyl (C=O) groups excluding carboxylic acids is 2. The van der Waals surface area contributed by atoms with Crippen molar-refractivity contribution >= 4 is 51.9 Å². The van der Waals surface area contributed by atoms with E-state index in [1.807, 2.05) is 13.8 Å². The van der Waals surface area contributed by atoms with Crippen LogP contribution >= 0.6 is 23.4 Å². The number of benzene rings is 2. The Morgan fingerprint density at radius 3 is 2.76 bits per heavy atom. The summed E-state index contributed by atoms with van der Waals surface area (Å²) in [5.41, 5.74) is 0.727. The summed E-state index contributed by atoms with van der Waals surface area (Å²) < 4.78 is 12.0. The lowest BCUT2D eigenvalue weighted by Gasteiger charge is -2.15. The van der Waals surface area contributed by atoms with Crippen LogP contribution in [0.5, 0.6) is 11.5 Å². The van der Waals surface area contributed by atoms with Crippen LogP contribution in [0.2, 0.25) is 5.02 Å². The quantitative estimate of drug-likeness (QED) is 0.400. The second kappa shape index (κ2) is 9.72. The number of halogens is 1. The van der Waals surface area contributed by atoms with Gasteiger partial charge in [0.05, 0.1) is 16.7 Å². The molecule has 3 aromatic rings. The molecule has 1 aliphatic heterocycles. The summed E-state index contributed by atoms with van der Waals surface area (Å²) in [5.74, 6) is 0.659. The van der Waals surface area contributed by atoms with Gasteiger partial charge in [0.2, 0.25) is 12.7 Å². The van der Waals surface area contributed by atoms with Crippen molar-refractivity contribution in [2.45, 2.75) is 25.5 Å². The fourth-order valence-corrected chi connectivity index (χ4v) is 4.22. The zero-order chi connectivity index (χ0) is 23.5. The topological polar surface area (TPSA) is 112 Å². The smallest absolute Gasteiger partial charge is 0.325 e. The van der Waals surface area contributed by atoms with Crippen LogP contribution in [0.4, 0.5) is 10.5 Å². The highest BCUT2D eigenvalue weighted by Gasteiger charge is 2.17. The van der Waals surface area contributed by atoms with Crippen LogP contribution < -0.4 is 25.7 Å². The Hall–Kier alpha value is -3.24. The Morgan fingerprint density at radius 1 is 1.18 bits per heavy atom. The van der Waals surface area contributed by atoms with Gasteiger partial charge in [-0.05, 0) is 36.2 Å². The van der Waals surface area contributed by atoms with Gasteiger partial charge >= 0.3 is 6.03 Å². The number of aromatic nitrogens is 2. The Kier molecular flexibility index (Phi) is 6.75. The van der Waals surface area contributed by atoms with Crippen LogP contribution in [0, 0.1) is 5.92 Å². The lowest BCUT2D eigenvalue weighted by atomic mass is 10.2.